The maximum absolute atomic E-state index is 12.1. The third-order valence-corrected chi connectivity index (χ3v) is 5.76. The molecule has 1 atom stereocenters. The number of hydrogen-bond acceptors (Lipinski definition) is 5. The Morgan fingerprint density at radius 2 is 1.74 bits per heavy atom. The fraction of sp³-hybridized carbons (Fsp3) is 0.462. The highest BCUT2D eigenvalue weighted by Gasteiger charge is 2.42. The highest BCUT2D eigenvalue weighted by molar-refractivity contribution is 6.64. The van der Waals surface area contributed by atoms with Crippen LogP contribution in [0.4, 0.5) is 0 Å². The maximum atomic E-state index is 12.1. The first-order chi connectivity index (χ1) is 8.99. The zero-order chi connectivity index (χ0) is 14.5. The van der Waals surface area contributed by atoms with E-state index in [2.05, 4.69) is 0 Å². The summed E-state index contributed by atoms with van der Waals surface area (Å²) < 4.78 is 15.6. The molecule has 0 radical (unpaired) electrons. The second kappa shape index (κ2) is 6.92. The average Bonchev–Trinajstić information content (AvgIpc) is 2.44. The molecule has 1 aromatic rings. The van der Waals surface area contributed by atoms with Crippen LogP contribution >= 0.6 is 0 Å². The van der Waals surface area contributed by atoms with Crippen molar-refractivity contribution in [3.05, 3.63) is 35.4 Å². The lowest BCUT2D eigenvalue weighted by Gasteiger charge is -2.24. The van der Waals surface area contributed by atoms with Crippen molar-refractivity contribution in [3.63, 3.8) is 0 Å². The summed E-state index contributed by atoms with van der Waals surface area (Å²) in [4.78, 5) is 12.1. The van der Waals surface area contributed by atoms with E-state index in [1.54, 1.807) is 12.1 Å². The zero-order valence-electron chi connectivity index (χ0n) is 11.7. The molecule has 1 N–H and O–H groups in total. The van der Waals surface area contributed by atoms with Gasteiger partial charge in [-0.2, -0.15) is 0 Å². The molecule has 106 valence electrons. The lowest BCUT2D eigenvalue weighted by molar-refractivity contribution is -0.126. The third-order valence-electron chi connectivity index (χ3n) is 3.11. The molecule has 0 fully saturated rings. The van der Waals surface area contributed by atoms with Gasteiger partial charge in [0.05, 0.1) is 6.04 Å². The van der Waals surface area contributed by atoms with Gasteiger partial charge >= 0.3 is 8.80 Å². The molecule has 0 amide bonds. The lowest BCUT2D eigenvalue weighted by atomic mass is 10.0. The standard InChI is InChI=1S/C13H20O5Si/c1-10-7-5-6-8-11(10)13(15)12(14)9-19(16-2,17-3)18-4/h5-8,13,15H,9H2,1-4H3. The summed E-state index contributed by atoms with van der Waals surface area (Å²) in [7, 11) is 1.31. The molecule has 0 aliphatic heterocycles. The minimum atomic E-state index is -3.00. The topological polar surface area (TPSA) is 65.0 Å². The van der Waals surface area contributed by atoms with Gasteiger partial charge in [0.1, 0.15) is 6.10 Å². The molecule has 6 heteroatoms. The Balaban J connectivity index is 2.86. The maximum Gasteiger partial charge on any atom is 0.507 e. The van der Waals surface area contributed by atoms with Gasteiger partial charge in [0, 0.05) is 21.3 Å². The van der Waals surface area contributed by atoms with E-state index in [0.29, 0.717) is 5.56 Å². The number of carbonyl (C=O) groups excluding carboxylic acids is 1. The van der Waals surface area contributed by atoms with Crippen molar-refractivity contribution in [2.24, 2.45) is 0 Å². The Kier molecular flexibility index (Phi) is 5.83. The van der Waals surface area contributed by atoms with Crippen LogP contribution in [0.3, 0.4) is 0 Å². The van der Waals surface area contributed by atoms with Crippen LogP contribution in [-0.2, 0) is 18.1 Å². The number of rotatable bonds is 7. The van der Waals surface area contributed by atoms with E-state index in [0.717, 1.165) is 5.56 Å². The van der Waals surface area contributed by atoms with Gasteiger partial charge in [-0.3, -0.25) is 4.79 Å². The van der Waals surface area contributed by atoms with Gasteiger partial charge in [0.2, 0.25) is 0 Å². The first kappa shape index (κ1) is 16.0. The lowest BCUT2D eigenvalue weighted by Crippen LogP contribution is -2.45. The van der Waals surface area contributed by atoms with E-state index in [-0.39, 0.29) is 11.8 Å². The van der Waals surface area contributed by atoms with E-state index in [9.17, 15) is 9.90 Å². The third kappa shape index (κ3) is 3.71. The number of ketones is 1. The molecule has 0 aliphatic rings. The molecule has 0 saturated heterocycles. The highest BCUT2D eigenvalue weighted by atomic mass is 28.4. The summed E-state index contributed by atoms with van der Waals surface area (Å²) in [6.07, 6.45) is -1.19. The van der Waals surface area contributed by atoms with Crippen molar-refractivity contribution in [2.75, 3.05) is 21.3 Å². The molecule has 1 rings (SSSR count). The van der Waals surface area contributed by atoms with Crippen LogP contribution in [0.1, 0.15) is 17.2 Å². The molecule has 0 spiro atoms. The molecule has 1 aromatic carbocycles. The molecule has 0 aliphatic carbocycles. The highest BCUT2D eigenvalue weighted by Crippen LogP contribution is 2.23. The SMILES string of the molecule is CO[Si](CC(=O)C(O)c1ccccc1C)(OC)OC. The first-order valence-corrected chi connectivity index (χ1v) is 7.84. The number of hydrogen-bond donors (Lipinski definition) is 1. The van der Waals surface area contributed by atoms with E-state index in [4.69, 9.17) is 13.3 Å². The fourth-order valence-electron chi connectivity index (χ4n) is 1.84. The molecule has 5 nitrogen and oxygen atoms in total. The average molecular weight is 284 g/mol. The van der Waals surface area contributed by atoms with Crippen LogP contribution in [0.15, 0.2) is 24.3 Å². The molecular formula is C13H20O5Si. The number of aliphatic hydroxyl groups excluding tert-OH is 1. The number of benzene rings is 1. The minimum Gasteiger partial charge on any atom is -0.381 e. The van der Waals surface area contributed by atoms with Gasteiger partial charge in [0.25, 0.3) is 0 Å². The fourth-order valence-corrected chi connectivity index (χ4v) is 3.40. The molecule has 0 saturated carbocycles. The molecular weight excluding hydrogens is 264 g/mol. The molecule has 19 heavy (non-hydrogen) atoms. The predicted molar refractivity (Wildman–Crippen MR) is 72.7 cm³/mol. The largest absolute Gasteiger partial charge is 0.507 e. The number of Topliss-reactive ketones (excluding diaryl/α,β-unsaturated/α-hetero) is 1. The molecule has 0 bridgehead atoms. The quantitative estimate of drug-likeness (QED) is 0.768. The summed E-state index contributed by atoms with van der Waals surface area (Å²) in [5, 5.41) is 10.1. The van der Waals surface area contributed by atoms with Crippen LogP contribution in [0.5, 0.6) is 0 Å². The van der Waals surface area contributed by atoms with Crippen LogP contribution < -0.4 is 0 Å². The van der Waals surface area contributed by atoms with Gasteiger partial charge in [-0.05, 0) is 18.1 Å². The summed E-state index contributed by atoms with van der Waals surface area (Å²) in [6, 6.07) is 7.15. The van der Waals surface area contributed by atoms with Crippen molar-refractivity contribution >= 4 is 14.6 Å². The summed E-state index contributed by atoms with van der Waals surface area (Å²) >= 11 is 0. The van der Waals surface area contributed by atoms with Gasteiger partial charge in [-0.1, -0.05) is 24.3 Å². The number of carbonyl (C=O) groups is 1. The Morgan fingerprint density at radius 1 is 1.21 bits per heavy atom. The summed E-state index contributed by atoms with van der Waals surface area (Å²) in [5.41, 5.74) is 1.46. The van der Waals surface area contributed by atoms with E-state index >= 15 is 0 Å². The van der Waals surface area contributed by atoms with Crippen LogP contribution in [-0.4, -0.2) is 41.0 Å². The number of aliphatic hydroxyl groups is 1. The van der Waals surface area contributed by atoms with E-state index < -0.39 is 14.9 Å². The summed E-state index contributed by atoms with van der Waals surface area (Å²) in [5.74, 6) is -0.369. The first-order valence-electron chi connectivity index (χ1n) is 5.91. The second-order valence-corrected chi connectivity index (χ2v) is 7.14. The summed E-state index contributed by atoms with van der Waals surface area (Å²) in [6.45, 7) is 1.85. The monoisotopic (exact) mass is 284 g/mol. The Labute approximate surface area is 114 Å². The molecule has 1 unspecified atom stereocenters. The van der Waals surface area contributed by atoms with Crippen LogP contribution in [0.2, 0.25) is 6.04 Å². The van der Waals surface area contributed by atoms with Crippen molar-refractivity contribution in [1.82, 2.24) is 0 Å². The van der Waals surface area contributed by atoms with Gasteiger partial charge < -0.3 is 18.4 Å². The minimum absolute atomic E-state index is 0.0635. The number of aryl methyl sites for hydroxylation is 1. The van der Waals surface area contributed by atoms with Crippen molar-refractivity contribution in [1.29, 1.82) is 0 Å². The Bertz CT molecular complexity index is 423. The Hall–Kier alpha value is -1.05. The molecule has 0 aromatic heterocycles. The van der Waals surface area contributed by atoms with Gasteiger partial charge in [0.15, 0.2) is 5.78 Å². The van der Waals surface area contributed by atoms with E-state index in [1.807, 2.05) is 19.1 Å². The van der Waals surface area contributed by atoms with Gasteiger partial charge in [-0.25, -0.2) is 0 Å². The van der Waals surface area contributed by atoms with Crippen LogP contribution in [0, 0.1) is 6.92 Å². The van der Waals surface area contributed by atoms with Crippen molar-refractivity contribution < 1.29 is 23.2 Å². The van der Waals surface area contributed by atoms with Gasteiger partial charge in [-0.15, -0.1) is 0 Å². The predicted octanol–water partition coefficient (Wildman–Crippen LogP) is 1.48. The second-order valence-electron chi connectivity index (χ2n) is 4.20. The van der Waals surface area contributed by atoms with Crippen LogP contribution in [0.25, 0.3) is 0 Å². The zero-order valence-corrected chi connectivity index (χ0v) is 12.7. The Morgan fingerprint density at radius 3 is 2.21 bits per heavy atom. The smallest absolute Gasteiger partial charge is 0.381 e. The normalized spacial score (nSPS) is 13.3. The van der Waals surface area contributed by atoms with E-state index in [1.165, 1.54) is 21.3 Å². The molecule has 0 heterocycles. The van der Waals surface area contributed by atoms with Crippen molar-refractivity contribution in [3.8, 4) is 0 Å². The van der Waals surface area contributed by atoms with Crippen molar-refractivity contribution in [2.45, 2.75) is 19.1 Å².